The van der Waals surface area contributed by atoms with Crippen LogP contribution < -0.4 is 5.32 Å². The molecule has 1 heteroatoms. The van der Waals surface area contributed by atoms with E-state index in [9.17, 15) is 0 Å². The molecule has 1 heterocycles. The van der Waals surface area contributed by atoms with Crippen molar-refractivity contribution in [2.24, 2.45) is 0 Å². The minimum absolute atomic E-state index is 1.11. The third kappa shape index (κ3) is 1.55. The van der Waals surface area contributed by atoms with Gasteiger partial charge in [0.05, 0.1) is 0 Å². The molecule has 2 aliphatic rings. The highest BCUT2D eigenvalue weighted by molar-refractivity contribution is 5.76. The first kappa shape index (κ1) is 9.95. The van der Waals surface area contributed by atoms with Crippen molar-refractivity contribution in [2.45, 2.75) is 39.0 Å². The second-order valence-corrected chi connectivity index (χ2v) is 4.94. The van der Waals surface area contributed by atoms with E-state index in [1.165, 1.54) is 48.9 Å². The molecule has 1 aliphatic heterocycles. The number of benzene rings is 1. The van der Waals surface area contributed by atoms with Crippen LogP contribution in [0.3, 0.4) is 0 Å². The maximum atomic E-state index is 3.52. The van der Waals surface area contributed by atoms with Crippen molar-refractivity contribution in [3.8, 4) is 0 Å². The molecule has 0 bridgehead atoms. The van der Waals surface area contributed by atoms with E-state index in [1.54, 1.807) is 11.1 Å². The van der Waals surface area contributed by atoms with Crippen LogP contribution in [-0.4, -0.2) is 6.54 Å². The van der Waals surface area contributed by atoms with E-state index in [4.69, 9.17) is 0 Å². The molecule has 0 spiro atoms. The Morgan fingerprint density at radius 2 is 2.06 bits per heavy atom. The van der Waals surface area contributed by atoms with Crippen LogP contribution in [0.15, 0.2) is 18.2 Å². The van der Waals surface area contributed by atoms with Gasteiger partial charge in [-0.2, -0.15) is 0 Å². The van der Waals surface area contributed by atoms with Crippen molar-refractivity contribution in [1.82, 2.24) is 0 Å². The van der Waals surface area contributed by atoms with Crippen LogP contribution in [0, 0.1) is 6.92 Å². The average Bonchev–Trinajstić information content (AvgIpc) is 2.81. The van der Waals surface area contributed by atoms with Crippen LogP contribution in [-0.2, 0) is 6.42 Å². The van der Waals surface area contributed by atoms with Crippen LogP contribution >= 0.6 is 0 Å². The molecule has 1 aromatic rings. The number of hydrogen-bond donors (Lipinski definition) is 1. The first-order valence-electron chi connectivity index (χ1n) is 6.42. The standard InChI is InChI=1S/C15H19N/c1-11-7-8-13(12-5-3-2-4-6-12)14-9-10-16-15(11)14/h5,7-8,16H,2-4,6,9-10H2,1H3. The number of fused-ring (bicyclic) bond motifs is 1. The summed E-state index contributed by atoms with van der Waals surface area (Å²) in [6.45, 7) is 3.32. The van der Waals surface area contributed by atoms with Gasteiger partial charge in [-0.05, 0) is 61.3 Å². The van der Waals surface area contributed by atoms with Crippen molar-refractivity contribution in [3.63, 3.8) is 0 Å². The molecular weight excluding hydrogens is 194 g/mol. The maximum absolute atomic E-state index is 3.52. The molecule has 16 heavy (non-hydrogen) atoms. The van der Waals surface area contributed by atoms with E-state index in [2.05, 4.69) is 30.4 Å². The van der Waals surface area contributed by atoms with Gasteiger partial charge in [0.25, 0.3) is 0 Å². The van der Waals surface area contributed by atoms with Gasteiger partial charge in [-0.3, -0.25) is 0 Å². The van der Waals surface area contributed by atoms with Crippen LogP contribution in [0.1, 0.15) is 42.4 Å². The first-order valence-corrected chi connectivity index (χ1v) is 6.42. The first-order chi connectivity index (χ1) is 7.86. The Balaban J connectivity index is 2.08. The van der Waals surface area contributed by atoms with E-state index in [0.717, 1.165) is 6.54 Å². The van der Waals surface area contributed by atoms with E-state index >= 15 is 0 Å². The lowest BCUT2D eigenvalue weighted by Crippen LogP contribution is -1.97. The van der Waals surface area contributed by atoms with Crippen LogP contribution in [0.4, 0.5) is 5.69 Å². The number of aryl methyl sites for hydroxylation is 1. The largest absolute Gasteiger partial charge is 0.384 e. The fraction of sp³-hybridized carbons (Fsp3) is 0.467. The second kappa shape index (κ2) is 3.97. The summed E-state index contributed by atoms with van der Waals surface area (Å²) < 4.78 is 0. The molecule has 0 aromatic heterocycles. The molecule has 0 saturated carbocycles. The molecule has 84 valence electrons. The summed E-state index contributed by atoms with van der Waals surface area (Å²) in [5.41, 5.74) is 7.47. The minimum atomic E-state index is 1.11. The Morgan fingerprint density at radius 1 is 1.12 bits per heavy atom. The predicted molar refractivity (Wildman–Crippen MR) is 69.8 cm³/mol. The molecule has 0 fully saturated rings. The summed E-state index contributed by atoms with van der Waals surface area (Å²) in [5.74, 6) is 0. The summed E-state index contributed by atoms with van der Waals surface area (Å²) in [6.07, 6.45) is 8.93. The lowest BCUT2D eigenvalue weighted by Gasteiger charge is -2.17. The highest BCUT2D eigenvalue weighted by Crippen LogP contribution is 2.36. The smallest absolute Gasteiger partial charge is 0.0409 e. The fourth-order valence-electron chi connectivity index (χ4n) is 2.97. The van der Waals surface area contributed by atoms with Crippen molar-refractivity contribution < 1.29 is 0 Å². The third-order valence-corrected chi connectivity index (χ3v) is 3.83. The summed E-state index contributed by atoms with van der Waals surface area (Å²) in [5, 5.41) is 3.52. The third-order valence-electron chi connectivity index (χ3n) is 3.83. The van der Waals surface area contributed by atoms with Crippen LogP contribution in [0.5, 0.6) is 0 Å². The van der Waals surface area contributed by atoms with Crippen molar-refractivity contribution in [2.75, 3.05) is 11.9 Å². The lowest BCUT2D eigenvalue weighted by molar-refractivity contribution is 0.741. The lowest BCUT2D eigenvalue weighted by atomic mass is 9.89. The number of nitrogens with one attached hydrogen (secondary N) is 1. The molecule has 0 saturated heterocycles. The van der Waals surface area contributed by atoms with Crippen LogP contribution in [0.2, 0.25) is 0 Å². The van der Waals surface area contributed by atoms with Gasteiger partial charge in [-0.1, -0.05) is 18.2 Å². The number of anilines is 1. The molecule has 1 aliphatic carbocycles. The fourth-order valence-corrected chi connectivity index (χ4v) is 2.97. The highest BCUT2D eigenvalue weighted by Gasteiger charge is 2.18. The highest BCUT2D eigenvalue weighted by atomic mass is 14.9. The van der Waals surface area contributed by atoms with Crippen molar-refractivity contribution in [3.05, 3.63) is 34.9 Å². The Hall–Kier alpha value is -1.24. The van der Waals surface area contributed by atoms with E-state index in [-0.39, 0.29) is 0 Å². The Labute approximate surface area is 97.6 Å². The predicted octanol–water partition coefficient (Wildman–Crippen LogP) is 3.92. The summed E-state index contributed by atoms with van der Waals surface area (Å²) >= 11 is 0. The average molecular weight is 213 g/mol. The van der Waals surface area contributed by atoms with Gasteiger partial charge < -0.3 is 5.32 Å². The van der Waals surface area contributed by atoms with Gasteiger partial charge in [-0.25, -0.2) is 0 Å². The molecule has 1 nitrogen and oxygen atoms in total. The van der Waals surface area contributed by atoms with E-state index in [0.29, 0.717) is 0 Å². The van der Waals surface area contributed by atoms with Gasteiger partial charge >= 0.3 is 0 Å². The quantitative estimate of drug-likeness (QED) is 0.745. The van der Waals surface area contributed by atoms with Crippen molar-refractivity contribution >= 4 is 11.3 Å². The molecule has 0 amide bonds. The zero-order valence-electron chi connectivity index (χ0n) is 9.97. The molecule has 1 aromatic carbocycles. The van der Waals surface area contributed by atoms with E-state index in [1.807, 2.05) is 0 Å². The normalized spacial score (nSPS) is 18.9. The number of allylic oxidation sites excluding steroid dienone is 2. The van der Waals surface area contributed by atoms with Gasteiger partial charge in [0.2, 0.25) is 0 Å². The maximum Gasteiger partial charge on any atom is 0.0409 e. The summed E-state index contributed by atoms with van der Waals surface area (Å²) in [7, 11) is 0. The molecule has 0 atom stereocenters. The molecule has 3 rings (SSSR count). The van der Waals surface area contributed by atoms with Crippen molar-refractivity contribution in [1.29, 1.82) is 0 Å². The Bertz CT molecular complexity index is 443. The zero-order valence-corrected chi connectivity index (χ0v) is 9.97. The summed E-state index contributed by atoms with van der Waals surface area (Å²) in [6, 6.07) is 4.60. The van der Waals surface area contributed by atoms with Crippen LogP contribution in [0.25, 0.3) is 5.57 Å². The monoisotopic (exact) mass is 213 g/mol. The molecule has 1 N–H and O–H groups in total. The zero-order chi connectivity index (χ0) is 11.0. The minimum Gasteiger partial charge on any atom is -0.384 e. The number of rotatable bonds is 1. The van der Waals surface area contributed by atoms with Gasteiger partial charge in [0.1, 0.15) is 0 Å². The Kier molecular flexibility index (Phi) is 2.47. The summed E-state index contributed by atoms with van der Waals surface area (Å²) in [4.78, 5) is 0. The van der Waals surface area contributed by atoms with Gasteiger partial charge in [0, 0.05) is 12.2 Å². The van der Waals surface area contributed by atoms with E-state index < -0.39 is 0 Å². The SMILES string of the molecule is Cc1ccc(C2=CCCCC2)c2c1NCC2. The number of hydrogen-bond acceptors (Lipinski definition) is 1. The Morgan fingerprint density at radius 3 is 2.88 bits per heavy atom. The second-order valence-electron chi connectivity index (χ2n) is 4.94. The molecular formula is C15H19N. The molecule has 0 unspecified atom stereocenters. The topological polar surface area (TPSA) is 12.0 Å². The molecule has 0 radical (unpaired) electrons. The van der Waals surface area contributed by atoms with Gasteiger partial charge in [-0.15, -0.1) is 0 Å². The van der Waals surface area contributed by atoms with Gasteiger partial charge in [0.15, 0.2) is 0 Å².